The third-order valence-corrected chi connectivity index (χ3v) is 4.36. The summed E-state index contributed by atoms with van der Waals surface area (Å²) in [5.74, 6) is -0.465. The minimum Gasteiger partial charge on any atom is -0.480 e. The number of carboxylic acid groups (broad SMARTS) is 1. The molecule has 0 bridgehead atoms. The van der Waals surface area contributed by atoms with Crippen LogP contribution in [0.2, 0.25) is 0 Å². The van der Waals surface area contributed by atoms with Gasteiger partial charge in [0.2, 0.25) is 0 Å². The molecule has 19 heavy (non-hydrogen) atoms. The summed E-state index contributed by atoms with van der Waals surface area (Å²) in [4.78, 5) is 13.6. The van der Waals surface area contributed by atoms with E-state index in [1.807, 2.05) is 6.92 Å². The second-order valence-electron chi connectivity index (χ2n) is 5.82. The Morgan fingerprint density at radius 2 is 2.11 bits per heavy atom. The molecule has 104 valence electrons. The second kappa shape index (κ2) is 5.33. The highest BCUT2D eigenvalue weighted by Crippen LogP contribution is 2.34. The Labute approximate surface area is 115 Å². The zero-order valence-corrected chi connectivity index (χ0v) is 12.2. The molecule has 1 saturated heterocycles. The maximum absolute atomic E-state index is 11.5. The van der Waals surface area contributed by atoms with Crippen LogP contribution in [0.1, 0.15) is 43.0 Å². The van der Waals surface area contributed by atoms with Crippen LogP contribution in [0, 0.1) is 19.8 Å². The number of likely N-dealkylation sites (tertiary alicyclic amines) is 1. The molecule has 2 rings (SSSR count). The van der Waals surface area contributed by atoms with Gasteiger partial charge in [-0.2, -0.15) is 0 Å². The molecule has 3 heteroatoms. The molecule has 1 N–H and O–H groups in total. The monoisotopic (exact) mass is 261 g/mol. The van der Waals surface area contributed by atoms with Crippen LogP contribution in [-0.2, 0) is 4.79 Å². The van der Waals surface area contributed by atoms with Crippen LogP contribution in [0.3, 0.4) is 0 Å². The molecule has 0 aliphatic carbocycles. The predicted octanol–water partition coefficient (Wildman–Crippen LogP) is 3.16. The Balaban J connectivity index is 2.28. The van der Waals surface area contributed by atoms with E-state index in [4.69, 9.17) is 0 Å². The first-order valence-electron chi connectivity index (χ1n) is 6.97. The van der Waals surface area contributed by atoms with Crippen molar-refractivity contribution in [3.05, 3.63) is 34.9 Å². The molecule has 3 atom stereocenters. The van der Waals surface area contributed by atoms with Crippen LogP contribution >= 0.6 is 0 Å². The van der Waals surface area contributed by atoms with Gasteiger partial charge in [-0.15, -0.1) is 0 Å². The fourth-order valence-corrected chi connectivity index (χ4v) is 3.27. The Morgan fingerprint density at radius 3 is 2.68 bits per heavy atom. The van der Waals surface area contributed by atoms with E-state index < -0.39 is 5.97 Å². The van der Waals surface area contributed by atoms with E-state index in [0.717, 1.165) is 13.0 Å². The molecule has 0 spiro atoms. The molecule has 1 fully saturated rings. The van der Waals surface area contributed by atoms with Gasteiger partial charge < -0.3 is 5.11 Å². The smallest absolute Gasteiger partial charge is 0.321 e. The highest BCUT2D eigenvalue weighted by atomic mass is 16.4. The molecule has 1 aliphatic heterocycles. The highest BCUT2D eigenvalue weighted by Gasteiger charge is 2.39. The van der Waals surface area contributed by atoms with E-state index in [1.165, 1.54) is 16.7 Å². The Bertz CT molecular complexity index is 484. The van der Waals surface area contributed by atoms with E-state index in [2.05, 4.69) is 43.9 Å². The van der Waals surface area contributed by atoms with Gasteiger partial charge in [-0.05, 0) is 50.8 Å². The molecule has 1 aromatic rings. The summed E-state index contributed by atoms with van der Waals surface area (Å²) < 4.78 is 0. The summed E-state index contributed by atoms with van der Waals surface area (Å²) in [7, 11) is 0. The molecule has 1 heterocycles. The van der Waals surface area contributed by atoms with Crippen LogP contribution in [0.5, 0.6) is 0 Å². The molecular formula is C16H23NO2. The first kappa shape index (κ1) is 14.1. The van der Waals surface area contributed by atoms with Crippen molar-refractivity contribution in [1.82, 2.24) is 4.90 Å². The van der Waals surface area contributed by atoms with Gasteiger partial charge in [0.1, 0.15) is 6.04 Å². The standard InChI is InChI=1S/C16H23NO2/c1-10-5-6-14(12(3)9-10)13(4)17-8-7-11(2)15(17)16(18)19/h5-6,9,11,13,15H,7-8H2,1-4H3,(H,18,19). The van der Waals surface area contributed by atoms with Crippen molar-refractivity contribution in [2.24, 2.45) is 5.92 Å². The zero-order valence-electron chi connectivity index (χ0n) is 12.2. The lowest BCUT2D eigenvalue weighted by molar-refractivity contribution is -0.144. The molecular weight excluding hydrogens is 238 g/mol. The second-order valence-corrected chi connectivity index (χ2v) is 5.82. The van der Waals surface area contributed by atoms with Crippen LogP contribution in [0.25, 0.3) is 0 Å². The molecule has 0 aromatic heterocycles. The normalized spacial score (nSPS) is 25.5. The van der Waals surface area contributed by atoms with Crippen LogP contribution in [0.4, 0.5) is 0 Å². The molecule has 0 amide bonds. The number of rotatable bonds is 3. The first-order valence-corrected chi connectivity index (χ1v) is 6.97. The van der Waals surface area contributed by atoms with Crippen molar-refractivity contribution in [2.75, 3.05) is 6.54 Å². The van der Waals surface area contributed by atoms with Gasteiger partial charge in [0.25, 0.3) is 0 Å². The summed E-state index contributed by atoms with van der Waals surface area (Å²) in [6, 6.07) is 6.22. The number of hydrogen-bond acceptors (Lipinski definition) is 2. The molecule has 1 aromatic carbocycles. The van der Waals surface area contributed by atoms with Crippen molar-refractivity contribution >= 4 is 5.97 Å². The van der Waals surface area contributed by atoms with Gasteiger partial charge in [-0.3, -0.25) is 9.69 Å². The third-order valence-electron chi connectivity index (χ3n) is 4.36. The first-order chi connectivity index (χ1) is 8.91. The number of carbonyl (C=O) groups is 1. The van der Waals surface area contributed by atoms with Crippen LogP contribution in [-0.4, -0.2) is 28.6 Å². The largest absolute Gasteiger partial charge is 0.480 e. The number of aryl methyl sites for hydroxylation is 2. The molecule has 0 saturated carbocycles. The Hall–Kier alpha value is -1.35. The Morgan fingerprint density at radius 1 is 1.42 bits per heavy atom. The fourth-order valence-electron chi connectivity index (χ4n) is 3.27. The van der Waals surface area contributed by atoms with Gasteiger partial charge in [-0.1, -0.05) is 30.7 Å². The van der Waals surface area contributed by atoms with Crippen LogP contribution < -0.4 is 0 Å². The average Bonchev–Trinajstić information content (AvgIpc) is 2.70. The number of benzene rings is 1. The van der Waals surface area contributed by atoms with Crippen molar-refractivity contribution in [2.45, 2.75) is 46.2 Å². The topological polar surface area (TPSA) is 40.5 Å². The van der Waals surface area contributed by atoms with Crippen molar-refractivity contribution in [3.8, 4) is 0 Å². The third kappa shape index (κ3) is 2.66. The van der Waals surface area contributed by atoms with E-state index in [9.17, 15) is 9.90 Å². The minimum absolute atomic E-state index is 0.159. The molecule has 3 unspecified atom stereocenters. The van der Waals surface area contributed by atoms with Gasteiger partial charge >= 0.3 is 5.97 Å². The fraction of sp³-hybridized carbons (Fsp3) is 0.562. The summed E-state index contributed by atoms with van der Waals surface area (Å²) in [5.41, 5.74) is 3.74. The maximum Gasteiger partial charge on any atom is 0.321 e. The van der Waals surface area contributed by atoms with E-state index in [-0.39, 0.29) is 18.0 Å². The number of hydrogen-bond donors (Lipinski definition) is 1. The number of nitrogens with zero attached hydrogens (tertiary/aromatic N) is 1. The molecule has 3 nitrogen and oxygen atoms in total. The highest BCUT2D eigenvalue weighted by molar-refractivity contribution is 5.74. The summed E-state index contributed by atoms with van der Waals surface area (Å²) in [5, 5.41) is 9.42. The van der Waals surface area contributed by atoms with Crippen molar-refractivity contribution < 1.29 is 9.90 Å². The van der Waals surface area contributed by atoms with Crippen molar-refractivity contribution in [3.63, 3.8) is 0 Å². The quantitative estimate of drug-likeness (QED) is 0.908. The maximum atomic E-state index is 11.5. The number of aliphatic carboxylic acids is 1. The van der Waals surface area contributed by atoms with Gasteiger partial charge in [0.05, 0.1) is 0 Å². The van der Waals surface area contributed by atoms with E-state index in [0.29, 0.717) is 0 Å². The van der Waals surface area contributed by atoms with Crippen molar-refractivity contribution in [1.29, 1.82) is 0 Å². The predicted molar refractivity (Wildman–Crippen MR) is 76.2 cm³/mol. The summed E-state index contributed by atoms with van der Waals surface area (Å²) in [6.07, 6.45) is 0.964. The van der Waals surface area contributed by atoms with Gasteiger partial charge in [0.15, 0.2) is 0 Å². The molecule has 0 radical (unpaired) electrons. The minimum atomic E-state index is -0.693. The van der Waals surface area contributed by atoms with Crippen LogP contribution in [0.15, 0.2) is 18.2 Å². The lowest BCUT2D eigenvalue weighted by Crippen LogP contribution is -2.40. The zero-order chi connectivity index (χ0) is 14.2. The Kier molecular flexibility index (Phi) is 3.95. The summed E-state index contributed by atoms with van der Waals surface area (Å²) in [6.45, 7) is 9.21. The lowest BCUT2D eigenvalue weighted by atomic mass is 9.97. The molecule has 1 aliphatic rings. The average molecular weight is 261 g/mol. The SMILES string of the molecule is Cc1ccc(C(C)N2CCC(C)C2C(=O)O)c(C)c1. The van der Waals surface area contributed by atoms with Gasteiger partial charge in [0, 0.05) is 6.04 Å². The number of carboxylic acids is 1. The van der Waals surface area contributed by atoms with Gasteiger partial charge in [-0.25, -0.2) is 0 Å². The van der Waals surface area contributed by atoms with E-state index in [1.54, 1.807) is 0 Å². The lowest BCUT2D eigenvalue weighted by Gasteiger charge is -2.30. The summed E-state index contributed by atoms with van der Waals surface area (Å²) >= 11 is 0. The van der Waals surface area contributed by atoms with E-state index >= 15 is 0 Å².